The molecular formula is C22H13N3O4S. The molecule has 2 aliphatic heterocycles. The van der Waals surface area contributed by atoms with E-state index in [1.807, 2.05) is 35.7 Å². The molecule has 0 aliphatic carbocycles. The third kappa shape index (κ3) is 2.85. The van der Waals surface area contributed by atoms with Crippen LogP contribution in [0, 0.1) is 5.41 Å². The lowest BCUT2D eigenvalue weighted by atomic mass is 10.1. The summed E-state index contributed by atoms with van der Waals surface area (Å²) in [6.07, 6.45) is 2.54. The SMILES string of the molecule is N=C1C(=Cc2coc3cc(O)ccc3c2=O)C(=O)N=C2SC=C(c3ccccc3)N12. The van der Waals surface area contributed by atoms with Gasteiger partial charge in [0, 0.05) is 11.5 Å². The van der Waals surface area contributed by atoms with E-state index >= 15 is 0 Å². The standard InChI is InChI=1S/C22H13N3O4S/c23-20-16(8-13-10-29-18-9-14(26)6-7-15(18)19(13)27)21(28)24-22-25(20)17(11-30-22)12-4-2-1-3-5-12/h1-11,23,26H. The van der Waals surface area contributed by atoms with Crippen molar-refractivity contribution in [1.82, 2.24) is 4.90 Å². The summed E-state index contributed by atoms with van der Waals surface area (Å²) >= 11 is 1.27. The maximum Gasteiger partial charge on any atom is 0.283 e. The van der Waals surface area contributed by atoms with Crippen molar-refractivity contribution in [3.05, 3.63) is 87.1 Å². The molecule has 5 rings (SSSR count). The molecule has 30 heavy (non-hydrogen) atoms. The van der Waals surface area contributed by atoms with Crippen LogP contribution in [-0.2, 0) is 4.79 Å². The van der Waals surface area contributed by atoms with Crippen molar-refractivity contribution in [1.29, 1.82) is 5.41 Å². The third-order valence-corrected chi connectivity index (χ3v) is 5.59. The number of amides is 1. The number of fused-ring (bicyclic) bond motifs is 2. The van der Waals surface area contributed by atoms with Crippen molar-refractivity contribution < 1.29 is 14.3 Å². The first-order valence-corrected chi connectivity index (χ1v) is 9.81. The second kappa shape index (κ2) is 6.85. The first-order chi connectivity index (χ1) is 14.5. The summed E-state index contributed by atoms with van der Waals surface area (Å²) in [6.45, 7) is 0. The van der Waals surface area contributed by atoms with Crippen molar-refractivity contribution in [2.45, 2.75) is 0 Å². The van der Waals surface area contributed by atoms with E-state index in [1.165, 1.54) is 42.3 Å². The highest BCUT2D eigenvalue weighted by Crippen LogP contribution is 2.37. The summed E-state index contributed by atoms with van der Waals surface area (Å²) in [6, 6.07) is 13.7. The summed E-state index contributed by atoms with van der Waals surface area (Å²) in [5, 5.41) is 20.7. The van der Waals surface area contributed by atoms with Gasteiger partial charge in [-0.15, -0.1) is 0 Å². The first-order valence-electron chi connectivity index (χ1n) is 8.93. The Morgan fingerprint density at radius 1 is 1.13 bits per heavy atom. The molecule has 0 unspecified atom stereocenters. The molecule has 0 radical (unpaired) electrons. The van der Waals surface area contributed by atoms with Crippen molar-refractivity contribution in [3.8, 4) is 5.75 Å². The molecule has 1 aromatic heterocycles. The average Bonchev–Trinajstić information content (AvgIpc) is 3.17. The van der Waals surface area contributed by atoms with E-state index < -0.39 is 5.91 Å². The lowest BCUT2D eigenvalue weighted by Crippen LogP contribution is -2.38. The Balaban J connectivity index is 1.59. The third-order valence-electron chi connectivity index (χ3n) is 4.77. The van der Waals surface area contributed by atoms with Crippen LogP contribution in [0.1, 0.15) is 11.1 Å². The van der Waals surface area contributed by atoms with E-state index in [0.29, 0.717) is 5.17 Å². The fourth-order valence-corrected chi connectivity index (χ4v) is 4.19. The Kier molecular flexibility index (Phi) is 4.14. The molecule has 0 bridgehead atoms. The number of aliphatic imine (C=N–C) groups is 1. The Bertz CT molecular complexity index is 1390. The van der Waals surface area contributed by atoms with Gasteiger partial charge in [0.05, 0.1) is 22.2 Å². The fourth-order valence-electron chi connectivity index (χ4n) is 3.30. The maximum atomic E-state index is 12.8. The molecule has 2 N–H and O–H groups in total. The molecule has 0 saturated heterocycles. The van der Waals surface area contributed by atoms with Crippen LogP contribution in [0.15, 0.2) is 80.0 Å². The smallest absolute Gasteiger partial charge is 0.283 e. The second-order valence-electron chi connectivity index (χ2n) is 6.63. The molecule has 7 nitrogen and oxygen atoms in total. The van der Waals surface area contributed by atoms with Crippen molar-refractivity contribution in [2.75, 3.05) is 0 Å². The Labute approximate surface area is 174 Å². The van der Waals surface area contributed by atoms with Crippen LogP contribution in [0.5, 0.6) is 5.75 Å². The Morgan fingerprint density at radius 3 is 2.73 bits per heavy atom. The number of aromatic hydroxyl groups is 1. The maximum absolute atomic E-state index is 12.8. The van der Waals surface area contributed by atoms with Gasteiger partial charge in [-0.3, -0.25) is 19.9 Å². The van der Waals surface area contributed by atoms with E-state index in [0.717, 1.165) is 11.3 Å². The molecular weight excluding hydrogens is 402 g/mol. The largest absolute Gasteiger partial charge is 0.508 e. The highest BCUT2D eigenvalue weighted by Gasteiger charge is 2.36. The quantitative estimate of drug-likeness (QED) is 0.617. The van der Waals surface area contributed by atoms with Crippen LogP contribution in [0.4, 0.5) is 0 Å². The predicted molar refractivity (Wildman–Crippen MR) is 116 cm³/mol. The summed E-state index contributed by atoms with van der Waals surface area (Å²) in [5.41, 5.74) is 1.61. The van der Waals surface area contributed by atoms with Gasteiger partial charge in [0.1, 0.15) is 23.4 Å². The number of carbonyl (C=O) groups is 1. The summed E-state index contributed by atoms with van der Waals surface area (Å²) in [4.78, 5) is 31.1. The zero-order valence-electron chi connectivity index (χ0n) is 15.3. The number of phenols is 1. The average molecular weight is 415 g/mol. The highest BCUT2D eigenvalue weighted by atomic mass is 32.2. The lowest BCUT2D eigenvalue weighted by molar-refractivity contribution is -0.114. The van der Waals surface area contributed by atoms with Crippen LogP contribution in [0.2, 0.25) is 0 Å². The summed E-state index contributed by atoms with van der Waals surface area (Å²) in [5.74, 6) is -0.670. The molecule has 2 aromatic carbocycles. The van der Waals surface area contributed by atoms with Crippen molar-refractivity contribution in [2.24, 2.45) is 4.99 Å². The van der Waals surface area contributed by atoms with E-state index in [-0.39, 0.29) is 39.1 Å². The number of nitrogens with one attached hydrogen (secondary N) is 1. The Morgan fingerprint density at radius 2 is 1.93 bits per heavy atom. The second-order valence-corrected chi connectivity index (χ2v) is 7.47. The van der Waals surface area contributed by atoms with Crippen LogP contribution in [0.25, 0.3) is 22.7 Å². The Hall–Kier alpha value is -3.91. The van der Waals surface area contributed by atoms with Gasteiger partial charge in [-0.2, -0.15) is 4.99 Å². The van der Waals surface area contributed by atoms with Crippen molar-refractivity contribution in [3.63, 3.8) is 0 Å². The number of thioether (sulfide) groups is 1. The molecule has 2 aliphatic rings. The van der Waals surface area contributed by atoms with Crippen molar-refractivity contribution >= 4 is 51.4 Å². The van der Waals surface area contributed by atoms with Gasteiger partial charge in [0.25, 0.3) is 5.91 Å². The van der Waals surface area contributed by atoms with Gasteiger partial charge in [0.2, 0.25) is 0 Å². The zero-order valence-corrected chi connectivity index (χ0v) is 16.1. The minimum atomic E-state index is -0.591. The van der Waals surface area contributed by atoms with Gasteiger partial charge >= 0.3 is 0 Å². The van der Waals surface area contributed by atoms with Crippen LogP contribution in [-0.4, -0.2) is 26.9 Å². The van der Waals surface area contributed by atoms with Crippen LogP contribution < -0.4 is 5.43 Å². The molecule has 0 saturated carbocycles. The lowest BCUT2D eigenvalue weighted by Gasteiger charge is -2.26. The van der Waals surface area contributed by atoms with Gasteiger partial charge in [-0.25, -0.2) is 0 Å². The number of nitrogens with zero attached hydrogens (tertiary/aromatic N) is 2. The van der Waals surface area contributed by atoms with Gasteiger partial charge in [-0.05, 0) is 23.8 Å². The number of phenolic OH excluding ortho intramolecular Hbond substituents is 1. The molecule has 0 fully saturated rings. The molecule has 8 heteroatoms. The molecule has 1 amide bonds. The van der Waals surface area contributed by atoms with Crippen LogP contribution in [0.3, 0.4) is 0 Å². The van der Waals surface area contributed by atoms with E-state index in [2.05, 4.69) is 4.99 Å². The number of rotatable bonds is 2. The number of carbonyl (C=O) groups excluding carboxylic acids is 1. The fraction of sp³-hybridized carbons (Fsp3) is 0. The van der Waals surface area contributed by atoms with Gasteiger partial charge in [-0.1, -0.05) is 42.1 Å². The summed E-state index contributed by atoms with van der Waals surface area (Å²) in [7, 11) is 0. The van der Waals surface area contributed by atoms with Crippen LogP contribution >= 0.6 is 11.8 Å². The number of hydrogen-bond acceptors (Lipinski definition) is 6. The monoisotopic (exact) mass is 415 g/mol. The highest BCUT2D eigenvalue weighted by molar-refractivity contribution is 8.17. The number of benzene rings is 2. The van der Waals surface area contributed by atoms with Gasteiger partial charge in [0.15, 0.2) is 10.6 Å². The van der Waals surface area contributed by atoms with E-state index in [9.17, 15) is 14.7 Å². The molecule has 146 valence electrons. The predicted octanol–water partition coefficient (Wildman–Crippen LogP) is 3.80. The normalized spacial score (nSPS) is 17.3. The molecule has 3 heterocycles. The van der Waals surface area contributed by atoms with E-state index in [1.54, 1.807) is 4.90 Å². The summed E-state index contributed by atoms with van der Waals surface area (Å²) < 4.78 is 5.44. The molecule has 0 atom stereocenters. The molecule has 3 aromatic rings. The minimum Gasteiger partial charge on any atom is -0.508 e. The zero-order chi connectivity index (χ0) is 20.8. The topological polar surface area (TPSA) is 107 Å². The van der Waals surface area contributed by atoms with Gasteiger partial charge < -0.3 is 9.52 Å². The first kappa shape index (κ1) is 18.1. The van der Waals surface area contributed by atoms with E-state index in [4.69, 9.17) is 9.83 Å². The number of amidine groups is 2. The minimum absolute atomic E-state index is 0.00601. The molecule has 0 spiro atoms. The number of hydrogen-bond donors (Lipinski definition) is 2.